The molecule has 1 aromatic carbocycles. The number of rotatable bonds is 3. The highest BCUT2D eigenvalue weighted by atomic mass is 16.5. The van der Waals surface area contributed by atoms with Gasteiger partial charge >= 0.3 is 0 Å². The Morgan fingerprint density at radius 2 is 2.33 bits per heavy atom. The van der Waals surface area contributed by atoms with Gasteiger partial charge in [-0.25, -0.2) is 0 Å². The van der Waals surface area contributed by atoms with E-state index in [1.165, 1.54) is 12.0 Å². The van der Waals surface area contributed by atoms with E-state index in [1.54, 1.807) is 7.11 Å². The fourth-order valence-electron chi connectivity index (χ4n) is 2.63. The number of nitrogens with zero attached hydrogens (tertiary/aromatic N) is 2. The molecule has 18 heavy (non-hydrogen) atoms. The largest absolute Gasteiger partial charge is 0.497 e. The zero-order valence-corrected chi connectivity index (χ0v) is 11.1. The van der Waals surface area contributed by atoms with Crippen molar-refractivity contribution in [3.8, 4) is 11.8 Å². The van der Waals surface area contributed by atoms with Crippen LogP contribution in [0.3, 0.4) is 0 Å². The number of ether oxygens (including phenoxy) is 1. The second-order valence-corrected chi connectivity index (χ2v) is 5.07. The second kappa shape index (κ2) is 5.88. The van der Waals surface area contributed by atoms with Gasteiger partial charge in [0.05, 0.1) is 19.2 Å². The number of methoxy groups -OCH3 is 1. The lowest BCUT2D eigenvalue weighted by atomic mass is 9.86. The molecule has 96 valence electrons. The Bertz CT molecular complexity index is 438. The van der Waals surface area contributed by atoms with Crippen LogP contribution in [0.4, 0.5) is 0 Å². The van der Waals surface area contributed by atoms with E-state index in [2.05, 4.69) is 23.1 Å². The molecule has 1 aromatic rings. The lowest BCUT2D eigenvalue weighted by molar-refractivity contribution is 0.176. The van der Waals surface area contributed by atoms with Crippen LogP contribution in [-0.4, -0.2) is 31.6 Å². The van der Waals surface area contributed by atoms with Crippen LogP contribution in [0.5, 0.6) is 5.75 Å². The van der Waals surface area contributed by atoms with E-state index in [4.69, 9.17) is 10.00 Å². The Hall–Kier alpha value is -1.53. The average Bonchev–Trinajstić information content (AvgIpc) is 2.41. The first kappa shape index (κ1) is 12.9. The molecule has 0 amide bonds. The molecule has 1 fully saturated rings. The predicted octanol–water partition coefficient (Wildman–Crippen LogP) is 2.47. The summed E-state index contributed by atoms with van der Waals surface area (Å²) in [5.74, 6) is 1.52. The minimum Gasteiger partial charge on any atom is -0.497 e. The van der Waals surface area contributed by atoms with Crippen molar-refractivity contribution in [2.75, 3.05) is 20.7 Å². The molecule has 0 radical (unpaired) electrons. The van der Waals surface area contributed by atoms with E-state index in [0.29, 0.717) is 5.92 Å². The summed E-state index contributed by atoms with van der Waals surface area (Å²) >= 11 is 0. The molecule has 0 saturated carbocycles. The minimum absolute atomic E-state index is 0.0781. The molecule has 1 heterocycles. The van der Waals surface area contributed by atoms with E-state index >= 15 is 0 Å². The van der Waals surface area contributed by atoms with Gasteiger partial charge in [-0.2, -0.15) is 5.26 Å². The molecule has 0 N–H and O–H groups in total. The summed E-state index contributed by atoms with van der Waals surface area (Å²) in [6, 6.07) is 10.7. The van der Waals surface area contributed by atoms with E-state index in [0.717, 1.165) is 25.1 Å². The van der Waals surface area contributed by atoms with Gasteiger partial charge in [0, 0.05) is 0 Å². The van der Waals surface area contributed by atoms with Crippen LogP contribution in [0.2, 0.25) is 0 Å². The van der Waals surface area contributed by atoms with Gasteiger partial charge in [0.2, 0.25) is 0 Å². The number of piperidine rings is 1. The maximum atomic E-state index is 9.12. The Balaban J connectivity index is 1.99. The molecule has 0 aliphatic carbocycles. The zero-order chi connectivity index (χ0) is 13.0. The van der Waals surface area contributed by atoms with Crippen molar-refractivity contribution >= 4 is 0 Å². The Morgan fingerprint density at radius 1 is 1.50 bits per heavy atom. The summed E-state index contributed by atoms with van der Waals surface area (Å²) in [4.78, 5) is 2.15. The third-order valence-corrected chi connectivity index (χ3v) is 3.79. The molecule has 2 atom stereocenters. The highest BCUT2D eigenvalue weighted by Gasteiger charge is 2.25. The predicted molar refractivity (Wildman–Crippen MR) is 71.5 cm³/mol. The van der Waals surface area contributed by atoms with Crippen LogP contribution in [0.15, 0.2) is 24.3 Å². The maximum absolute atomic E-state index is 9.12. The molecule has 0 aromatic heterocycles. The van der Waals surface area contributed by atoms with Gasteiger partial charge < -0.3 is 4.74 Å². The first-order valence-corrected chi connectivity index (χ1v) is 6.45. The summed E-state index contributed by atoms with van der Waals surface area (Å²) < 4.78 is 5.24. The average molecular weight is 244 g/mol. The fraction of sp³-hybridized carbons (Fsp3) is 0.533. The minimum atomic E-state index is 0.0781. The molecule has 1 saturated heterocycles. The number of likely N-dealkylation sites (tertiary alicyclic amines) is 1. The summed E-state index contributed by atoms with van der Waals surface area (Å²) in [5.41, 5.74) is 1.31. The molecule has 0 bridgehead atoms. The lowest BCUT2D eigenvalue weighted by Crippen LogP contribution is -2.39. The second-order valence-electron chi connectivity index (χ2n) is 5.07. The highest BCUT2D eigenvalue weighted by molar-refractivity contribution is 5.28. The third kappa shape index (κ3) is 3.02. The van der Waals surface area contributed by atoms with Crippen molar-refractivity contribution in [3.63, 3.8) is 0 Å². The Labute approximate surface area is 109 Å². The van der Waals surface area contributed by atoms with Crippen LogP contribution in [-0.2, 0) is 6.42 Å². The van der Waals surface area contributed by atoms with Crippen molar-refractivity contribution in [2.45, 2.75) is 25.3 Å². The molecule has 3 heteroatoms. The van der Waals surface area contributed by atoms with Gasteiger partial charge in [0.15, 0.2) is 0 Å². The quantitative estimate of drug-likeness (QED) is 0.819. The summed E-state index contributed by atoms with van der Waals surface area (Å²) in [6.45, 7) is 1.02. The van der Waals surface area contributed by atoms with E-state index < -0.39 is 0 Å². The number of benzene rings is 1. The van der Waals surface area contributed by atoms with Crippen LogP contribution >= 0.6 is 0 Å². The van der Waals surface area contributed by atoms with Gasteiger partial charge in [-0.15, -0.1) is 0 Å². The van der Waals surface area contributed by atoms with Crippen LogP contribution < -0.4 is 4.74 Å². The highest BCUT2D eigenvalue weighted by Crippen LogP contribution is 2.26. The summed E-state index contributed by atoms with van der Waals surface area (Å²) in [7, 11) is 3.73. The summed E-state index contributed by atoms with van der Waals surface area (Å²) in [5, 5.41) is 9.12. The molecule has 2 rings (SSSR count). The number of nitriles is 1. The molecule has 1 aliphatic heterocycles. The first-order chi connectivity index (χ1) is 8.72. The SMILES string of the molecule is COc1cccc(C[C@@H]2CCN(C)[C@@H](C#N)C2)c1. The Morgan fingerprint density at radius 3 is 3.06 bits per heavy atom. The molecule has 0 spiro atoms. The smallest absolute Gasteiger partial charge is 0.119 e. The first-order valence-electron chi connectivity index (χ1n) is 6.45. The van der Waals surface area contributed by atoms with Crippen molar-refractivity contribution in [2.24, 2.45) is 5.92 Å². The van der Waals surface area contributed by atoms with Crippen LogP contribution in [0.1, 0.15) is 18.4 Å². The third-order valence-electron chi connectivity index (χ3n) is 3.79. The number of hydrogen-bond acceptors (Lipinski definition) is 3. The van der Waals surface area contributed by atoms with E-state index in [1.807, 2.05) is 19.2 Å². The standard InChI is InChI=1S/C15H20N2O/c1-17-7-6-13(9-14(17)11-16)8-12-4-3-5-15(10-12)18-2/h3-5,10,13-14H,6-9H2,1-2H3/t13-,14+/m0/s1. The van der Waals surface area contributed by atoms with Gasteiger partial charge in [0.1, 0.15) is 5.75 Å². The molecular weight excluding hydrogens is 224 g/mol. The van der Waals surface area contributed by atoms with Gasteiger partial charge in [-0.3, -0.25) is 4.90 Å². The van der Waals surface area contributed by atoms with E-state index in [-0.39, 0.29) is 6.04 Å². The van der Waals surface area contributed by atoms with Gasteiger partial charge in [-0.05, 0) is 56.5 Å². The van der Waals surface area contributed by atoms with Crippen LogP contribution in [0, 0.1) is 17.2 Å². The molecule has 3 nitrogen and oxygen atoms in total. The topological polar surface area (TPSA) is 36.3 Å². The molecule has 1 aliphatic rings. The molecule has 0 unspecified atom stereocenters. The number of hydrogen-bond donors (Lipinski definition) is 0. The zero-order valence-electron chi connectivity index (χ0n) is 11.1. The van der Waals surface area contributed by atoms with Crippen LogP contribution in [0.25, 0.3) is 0 Å². The lowest BCUT2D eigenvalue weighted by Gasteiger charge is -2.33. The van der Waals surface area contributed by atoms with Crippen molar-refractivity contribution < 1.29 is 4.74 Å². The van der Waals surface area contributed by atoms with Crippen molar-refractivity contribution in [3.05, 3.63) is 29.8 Å². The Kier molecular flexibility index (Phi) is 4.22. The maximum Gasteiger partial charge on any atom is 0.119 e. The van der Waals surface area contributed by atoms with E-state index in [9.17, 15) is 0 Å². The van der Waals surface area contributed by atoms with Crippen molar-refractivity contribution in [1.82, 2.24) is 4.90 Å². The summed E-state index contributed by atoms with van der Waals surface area (Å²) in [6.07, 6.45) is 3.19. The van der Waals surface area contributed by atoms with Gasteiger partial charge in [-0.1, -0.05) is 12.1 Å². The molecular formula is C15H20N2O. The van der Waals surface area contributed by atoms with Gasteiger partial charge in [0.25, 0.3) is 0 Å². The normalized spacial score (nSPS) is 24.5. The monoisotopic (exact) mass is 244 g/mol. The fourth-order valence-corrected chi connectivity index (χ4v) is 2.63. The van der Waals surface area contributed by atoms with Crippen molar-refractivity contribution in [1.29, 1.82) is 5.26 Å².